The molecule has 0 spiro atoms. The van der Waals surface area contributed by atoms with Crippen LogP contribution in [0.25, 0.3) is 0 Å². The minimum absolute atomic E-state index is 0.203. The van der Waals surface area contributed by atoms with Crippen LogP contribution in [-0.2, 0) is 5.60 Å². The first-order valence-corrected chi connectivity index (χ1v) is 8.93. The van der Waals surface area contributed by atoms with Gasteiger partial charge in [-0.2, -0.15) is 0 Å². The maximum Gasteiger partial charge on any atom is 0.165 e. The Bertz CT molecular complexity index is 835. The van der Waals surface area contributed by atoms with Gasteiger partial charge in [0.1, 0.15) is 24.3 Å². The first kappa shape index (κ1) is 18.2. The number of hydrogen-bond donors (Lipinski definition) is 3. The lowest BCUT2D eigenvalue weighted by molar-refractivity contribution is -0.0666. The Morgan fingerprint density at radius 3 is 2.41 bits per heavy atom. The molecule has 27 heavy (non-hydrogen) atoms. The van der Waals surface area contributed by atoms with Crippen LogP contribution in [0, 0.1) is 11.6 Å². The van der Waals surface area contributed by atoms with Crippen molar-refractivity contribution in [3.8, 4) is 11.5 Å². The minimum Gasteiger partial charge on any atom is -0.505 e. The van der Waals surface area contributed by atoms with E-state index in [-0.39, 0.29) is 24.2 Å². The van der Waals surface area contributed by atoms with E-state index in [0.717, 1.165) is 6.07 Å². The summed E-state index contributed by atoms with van der Waals surface area (Å²) in [5, 5.41) is 31.1. The molecule has 0 aliphatic carbocycles. The number of hydrogen-bond acceptors (Lipinski definition) is 5. The molecule has 0 aromatic heterocycles. The fourth-order valence-electron chi connectivity index (χ4n) is 3.97. The lowest BCUT2D eigenvalue weighted by Gasteiger charge is -2.44. The maximum absolute atomic E-state index is 13.7. The van der Waals surface area contributed by atoms with Gasteiger partial charge in [0.25, 0.3) is 0 Å². The van der Waals surface area contributed by atoms with Gasteiger partial charge >= 0.3 is 0 Å². The number of halogens is 2. The predicted octanol–water partition coefficient (Wildman–Crippen LogP) is 2.45. The molecule has 2 unspecified atom stereocenters. The van der Waals surface area contributed by atoms with Crippen molar-refractivity contribution in [3.05, 3.63) is 59.2 Å². The summed E-state index contributed by atoms with van der Waals surface area (Å²) in [5.41, 5.74) is -0.0617. The molecule has 2 atom stereocenters. The van der Waals surface area contributed by atoms with Crippen molar-refractivity contribution >= 4 is 0 Å². The highest BCUT2D eigenvalue weighted by Gasteiger charge is 2.40. The van der Waals surface area contributed by atoms with Gasteiger partial charge in [-0.15, -0.1) is 0 Å². The molecule has 0 amide bonds. The number of likely N-dealkylation sites (tertiary alicyclic amines) is 1. The largest absolute Gasteiger partial charge is 0.505 e. The molecular weight excluding hydrogens is 356 g/mol. The molecule has 2 aromatic rings. The second kappa shape index (κ2) is 6.74. The average Bonchev–Trinajstić information content (AvgIpc) is 2.65. The van der Waals surface area contributed by atoms with E-state index < -0.39 is 23.3 Å². The zero-order chi connectivity index (χ0) is 19.2. The number of aromatic hydroxyl groups is 1. The van der Waals surface area contributed by atoms with Gasteiger partial charge in [0.2, 0.25) is 0 Å². The molecule has 1 saturated heterocycles. The van der Waals surface area contributed by atoms with Crippen molar-refractivity contribution in [1.82, 2.24) is 4.90 Å². The van der Waals surface area contributed by atoms with Gasteiger partial charge in [-0.1, -0.05) is 12.1 Å². The molecule has 3 N–H and O–H groups in total. The molecule has 5 nitrogen and oxygen atoms in total. The molecule has 2 aliphatic heterocycles. The number of piperidine rings is 1. The molecule has 0 bridgehead atoms. The molecule has 0 radical (unpaired) electrons. The highest BCUT2D eigenvalue weighted by Crippen LogP contribution is 2.40. The third-order valence-electron chi connectivity index (χ3n) is 5.65. The number of nitrogens with zero attached hydrogens (tertiary/aromatic N) is 1. The van der Waals surface area contributed by atoms with Crippen molar-refractivity contribution < 1.29 is 28.8 Å². The van der Waals surface area contributed by atoms with Gasteiger partial charge in [-0.3, -0.25) is 4.90 Å². The summed E-state index contributed by atoms with van der Waals surface area (Å²) >= 11 is 0. The summed E-state index contributed by atoms with van der Waals surface area (Å²) in [6, 6.07) is 7.75. The smallest absolute Gasteiger partial charge is 0.165 e. The van der Waals surface area contributed by atoms with Crippen LogP contribution in [-0.4, -0.2) is 46.0 Å². The minimum atomic E-state index is -1.04. The van der Waals surface area contributed by atoms with E-state index >= 15 is 0 Å². The fourth-order valence-corrected chi connectivity index (χ4v) is 3.97. The number of phenolic OH excluding ortho intramolecular Hbond substituents is 1. The van der Waals surface area contributed by atoms with E-state index in [1.807, 2.05) is 4.90 Å². The van der Waals surface area contributed by atoms with Crippen LogP contribution in [0.15, 0.2) is 36.4 Å². The van der Waals surface area contributed by atoms with Crippen LogP contribution >= 0.6 is 0 Å². The normalized spacial score (nSPS) is 24.9. The third-order valence-corrected chi connectivity index (χ3v) is 5.65. The van der Waals surface area contributed by atoms with Gasteiger partial charge in [-0.25, -0.2) is 8.78 Å². The van der Waals surface area contributed by atoms with Gasteiger partial charge < -0.3 is 20.1 Å². The summed E-state index contributed by atoms with van der Waals surface area (Å²) in [6.45, 7) is 1.22. The summed E-state index contributed by atoms with van der Waals surface area (Å²) in [7, 11) is 0. The Kier molecular flexibility index (Phi) is 4.53. The Labute approximate surface area is 155 Å². The van der Waals surface area contributed by atoms with Gasteiger partial charge in [0, 0.05) is 24.7 Å². The second-order valence-electron chi connectivity index (χ2n) is 7.24. The molecule has 2 heterocycles. The Hall–Kier alpha value is -2.22. The van der Waals surface area contributed by atoms with Crippen LogP contribution in [0.2, 0.25) is 0 Å². The zero-order valence-corrected chi connectivity index (χ0v) is 14.6. The van der Waals surface area contributed by atoms with E-state index in [4.69, 9.17) is 4.74 Å². The van der Waals surface area contributed by atoms with Crippen LogP contribution in [0.1, 0.15) is 30.1 Å². The summed E-state index contributed by atoms with van der Waals surface area (Å²) in [5.74, 6) is -1.39. The predicted molar refractivity (Wildman–Crippen MR) is 93.4 cm³/mol. The Balaban J connectivity index is 1.48. The van der Waals surface area contributed by atoms with Crippen molar-refractivity contribution in [2.45, 2.75) is 30.6 Å². The summed E-state index contributed by atoms with van der Waals surface area (Å²) in [4.78, 5) is 2.01. The third kappa shape index (κ3) is 3.26. The molecular formula is C20H21F2NO4. The Morgan fingerprint density at radius 1 is 1.07 bits per heavy atom. The van der Waals surface area contributed by atoms with E-state index in [0.29, 0.717) is 37.1 Å². The van der Waals surface area contributed by atoms with Crippen molar-refractivity contribution in [2.24, 2.45) is 0 Å². The lowest BCUT2D eigenvalue weighted by atomic mass is 9.83. The maximum atomic E-state index is 13.7. The van der Waals surface area contributed by atoms with E-state index in [1.54, 1.807) is 12.1 Å². The number of phenols is 1. The molecule has 2 aromatic carbocycles. The van der Waals surface area contributed by atoms with Crippen LogP contribution in [0.4, 0.5) is 8.78 Å². The molecule has 1 fully saturated rings. The van der Waals surface area contributed by atoms with Crippen molar-refractivity contribution in [3.63, 3.8) is 0 Å². The number of ether oxygens (including phenoxy) is 1. The lowest BCUT2D eigenvalue weighted by Crippen LogP contribution is -2.52. The van der Waals surface area contributed by atoms with Gasteiger partial charge in [0.05, 0.1) is 11.6 Å². The molecule has 7 heteroatoms. The topological polar surface area (TPSA) is 73.2 Å². The summed E-state index contributed by atoms with van der Waals surface area (Å²) in [6.07, 6.45) is -0.0991. The molecule has 0 saturated carbocycles. The number of benzene rings is 2. The fraction of sp³-hybridized carbons (Fsp3) is 0.400. The van der Waals surface area contributed by atoms with Crippen LogP contribution in [0.5, 0.6) is 11.5 Å². The molecule has 4 rings (SSSR count). The van der Waals surface area contributed by atoms with E-state index in [2.05, 4.69) is 0 Å². The molecule has 2 aliphatic rings. The van der Waals surface area contributed by atoms with Crippen molar-refractivity contribution in [2.75, 3.05) is 19.7 Å². The van der Waals surface area contributed by atoms with Gasteiger partial charge in [-0.05, 0) is 36.6 Å². The van der Waals surface area contributed by atoms with Crippen LogP contribution in [0.3, 0.4) is 0 Å². The van der Waals surface area contributed by atoms with Crippen LogP contribution < -0.4 is 4.74 Å². The van der Waals surface area contributed by atoms with Crippen molar-refractivity contribution in [1.29, 1.82) is 0 Å². The van der Waals surface area contributed by atoms with E-state index in [1.165, 1.54) is 18.2 Å². The SMILES string of the molecule is Oc1cc2c(cc1F)C(O)C(N1CCC(O)(c3ccc(F)cc3)CC1)CO2. The zero-order valence-electron chi connectivity index (χ0n) is 14.6. The number of aliphatic hydroxyl groups excluding tert-OH is 1. The highest BCUT2D eigenvalue weighted by molar-refractivity contribution is 5.44. The van der Waals surface area contributed by atoms with E-state index in [9.17, 15) is 24.1 Å². The second-order valence-corrected chi connectivity index (χ2v) is 7.24. The first-order chi connectivity index (χ1) is 12.9. The number of fused-ring (bicyclic) bond motifs is 1. The average molecular weight is 377 g/mol. The summed E-state index contributed by atoms with van der Waals surface area (Å²) < 4.78 is 32.4. The number of rotatable bonds is 2. The first-order valence-electron chi connectivity index (χ1n) is 8.93. The quantitative estimate of drug-likeness (QED) is 0.750. The number of aliphatic hydroxyl groups is 2. The van der Waals surface area contributed by atoms with Gasteiger partial charge in [0.15, 0.2) is 11.6 Å². The Morgan fingerprint density at radius 2 is 1.74 bits per heavy atom. The monoisotopic (exact) mass is 377 g/mol. The molecule has 144 valence electrons. The highest BCUT2D eigenvalue weighted by atomic mass is 19.1. The standard InChI is InChI=1S/C20H21F2NO4/c21-13-3-1-12(2-4-13)20(26)5-7-23(8-6-20)16-11-27-18-10-17(24)15(22)9-14(18)19(16)25/h1-4,9-10,16,19,24-26H,5-8,11H2.